The summed E-state index contributed by atoms with van der Waals surface area (Å²) in [5, 5.41) is 2.86. The number of carbonyl (C=O) groups is 1. The van der Waals surface area contributed by atoms with Crippen LogP contribution in [0, 0.1) is 5.82 Å². The average molecular weight is 462 g/mol. The van der Waals surface area contributed by atoms with Crippen LogP contribution < -0.4 is 26.6 Å². The third-order valence-corrected chi connectivity index (χ3v) is 5.05. The molecule has 0 saturated carbocycles. The Morgan fingerprint density at radius 2 is 1.88 bits per heavy atom. The van der Waals surface area contributed by atoms with E-state index in [0.29, 0.717) is 46.1 Å². The van der Waals surface area contributed by atoms with Gasteiger partial charge in [-0.05, 0) is 42.5 Å². The van der Waals surface area contributed by atoms with Crippen LogP contribution in [0.4, 0.5) is 51.2 Å². The van der Waals surface area contributed by atoms with Crippen LogP contribution in [0.15, 0.2) is 57.9 Å². The Balaban J connectivity index is 1.66. The molecule has 0 aliphatic carbocycles. The van der Waals surface area contributed by atoms with Gasteiger partial charge in [-0.15, -0.1) is 0 Å². The van der Waals surface area contributed by atoms with E-state index in [1.165, 1.54) is 18.5 Å². The third-order valence-electron chi connectivity index (χ3n) is 5.05. The van der Waals surface area contributed by atoms with Gasteiger partial charge in [0.1, 0.15) is 18.3 Å². The molecule has 2 aromatic carbocycles. The maximum atomic E-state index is 14.4. The lowest BCUT2D eigenvalue weighted by molar-refractivity contribution is -0.137. The van der Waals surface area contributed by atoms with Crippen molar-refractivity contribution < 1.29 is 26.8 Å². The van der Waals surface area contributed by atoms with Gasteiger partial charge >= 0.3 is 12.2 Å². The second-order valence-electron chi connectivity index (χ2n) is 7.07. The normalized spacial score (nSPS) is 15.3. The SMILES string of the molecule is CNc1cc2c(o1)N=CN(c1ccc(N(C(N)=O)c3cc(C(F)(F)F)ccc3F)cc1)C2N. The van der Waals surface area contributed by atoms with Gasteiger partial charge in [0.25, 0.3) is 0 Å². The number of fused-ring (bicyclic) bond motifs is 1. The monoisotopic (exact) mass is 462 g/mol. The number of primary amides is 1. The summed E-state index contributed by atoms with van der Waals surface area (Å²) in [5.41, 5.74) is 11.2. The molecule has 5 N–H and O–H groups in total. The summed E-state index contributed by atoms with van der Waals surface area (Å²) in [6.45, 7) is 0. The molecule has 172 valence electrons. The summed E-state index contributed by atoms with van der Waals surface area (Å²) >= 11 is 0. The first kappa shape index (κ1) is 22.1. The lowest BCUT2D eigenvalue weighted by Crippen LogP contribution is -2.35. The van der Waals surface area contributed by atoms with Crippen LogP contribution in [0.1, 0.15) is 17.3 Å². The number of hydrogen-bond acceptors (Lipinski definition) is 6. The van der Waals surface area contributed by atoms with E-state index in [4.69, 9.17) is 15.9 Å². The fourth-order valence-corrected chi connectivity index (χ4v) is 3.41. The van der Waals surface area contributed by atoms with Crippen LogP contribution in [-0.4, -0.2) is 19.4 Å². The number of hydrogen-bond donors (Lipinski definition) is 3. The van der Waals surface area contributed by atoms with Crippen molar-refractivity contribution in [2.45, 2.75) is 12.3 Å². The number of nitrogens with one attached hydrogen (secondary N) is 1. The largest absolute Gasteiger partial charge is 0.423 e. The lowest BCUT2D eigenvalue weighted by atomic mass is 10.1. The predicted octanol–water partition coefficient (Wildman–Crippen LogP) is 4.83. The molecular formula is C21H18F4N6O2. The van der Waals surface area contributed by atoms with E-state index < -0.39 is 35.4 Å². The van der Waals surface area contributed by atoms with Crippen molar-refractivity contribution in [2.75, 3.05) is 22.2 Å². The molecule has 1 aliphatic heterocycles. The van der Waals surface area contributed by atoms with Gasteiger partial charge in [-0.1, -0.05) is 0 Å². The molecule has 0 spiro atoms. The molecule has 4 rings (SSSR count). The molecule has 0 bridgehead atoms. The number of alkyl halides is 3. The minimum Gasteiger partial charge on any atom is -0.423 e. The number of furan rings is 1. The first-order chi connectivity index (χ1) is 15.6. The maximum absolute atomic E-state index is 14.4. The van der Waals surface area contributed by atoms with Crippen molar-refractivity contribution in [1.82, 2.24) is 0 Å². The Bertz CT molecular complexity index is 1220. The zero-order valence-corrected chi connectivity index (χ0v) is 17.1. The Hall–Kier alpha value is -4.06. The Morgan fingerprint density at radius 3 is 2.48 bits per heavy atom. The van der Waals surface area contributed by atoms with Crippen LogP contribution in [0.5, 0.6) is 0 Å². The zero-order valence-electron chi connectivity index (χ0n) is 17.1. The first-order valence-corrected chi connectivity index (χ1v) is 9.56. The summed E-state index contributed by atoms with van der Waals surface area (Å²) in [7, 11) is 1.69. The van der Waals surface area contributed by atoms with E-state index in [1.807, 2.05) is 0 Å². The van der Waals surface area contributed by atoms with E-state index in [0.717, 1.165) is 0 Å². The lowest BCUT2D eigenvalue weighted by Gasteiger charge is -2.29. The standard InChI is InChI=1S/C21H18F4N6O2/c1-28-17-9-14-18(26)30(10-29-19(14)33-17)12-3-5-13(6-4-12)31(20(27)32)16-8-11(21(23,24)25)2-7-15(16)22/h2-10,18,28H,26H2,1H3,(H2,27,32). The van der Waals surface area contributed by atoms with Crippen LogP contribution >= 0.6 is 0 Å². The molecule has 1 aliphatic rings. The molecule has 1 aromatic heterocycles. The molecule has 0 fully saturated rings. The number of rotatable bonds is 4. The maximum Gasteiger partial charge on any atom is 0.416 e. The molecule has 2 amide bonds. The molecule has 0 radical (unpaired) electrons. The van der Waals surface area contributed by atoms with E-state index in [2.05, 4.69) is 10.3 Å². The number of benzene rings is 2. The van der Waals surface area contributed by atoms with Gasteiger partial charge in [0.2, 0.25) is 5.88 Å². The number of amides is 2. The predicted molar refractivity (Wildman–Crippen MR) is 115 cm³/mol. The summed E-state index contributed by atoms with van der Waals surface area (Å²) in [6.07, 6.45) is -3.90. The van der Waals surface area contributed by atoms with Gasteiger partial charge in [0, 0.05) is 18.8 Å². The molecule has 3 aromatic rings. The Kier molecular flexibility index (Phi) is 5.46. The van der Waals surface area contributed by atoms with Crippen molar-refractivity contribution in [3.05, 3.63) is 65.5 Å². The fourth-order valence-electron chi connectivity index (χ4n) is 3.41. The molecule has 8 nitrogen and oxygen atoms in total. The molecule has 12 heteroatoms. The minimum absolute atomic E-state index is 0.0634. The number of nitrogens with zero attached hydrogens (tertiary/aromatic N) is 3. The van der Waals surface area contributed by atoms with E-state index in [9.17, 15) is 22.4 Å². The van der Waals surface area contributed by atoms with E-state index >= 15 is 0 Å². The van der Waals surface area contributed by atoms with Gasteiger partial charge < -0.3 is 26.1 Å². The van der Waals surface area contributed by atoms with Gasteiger partial charge in [-0.25, -0.2) is 14.2 Å². The van der Waals surface area contributed by atoms with Gasteiger partial charge in [0.05, 0.1) is 22.5 Å². The van der Waals surface area contributed by atoms with Crippen molar-refractivity contribution >= 4 is 41.2 Å². The second kappa shape index (κ2) is 8.13. The van der Waals surface area contributed by atoms with Crippen LogP contribution in [0.25, 0.3) is 0 Å². The topological polar surface area (TPSA) is 113 Å². The van der Waals surface area contributed by atoms with E-state index in [1.54, 1.807) is 30.1 Å². The van der Waals surface area contributed by atoms with Crippen molar-refractivity contribution in [1.29, 1.82) is 0 Å². The molecule has 1 atom stereocenters. The summed E-state index contributed by atoms with van der Waals surface area (Å²) < 4.78 is 59.1. The fraction of sp³-hybridized carbons (Fsp3) is 0.143. The zero-order chi connectivity index (χ0) is 23.9. The highest BCUT2D eigenvalue weighted by molar-refractivity contribution is 5.99. The molecular weight excluding hydrogens is 444 g/mol. The van der Waals surface area contributed by atoms with Crippen LogP contribution in [0.3, 0.4) is 0 Å². The number of carbonyl (C=O) groups excluding carboxylic acids is 1. The van der Waals surface area contributed by atoms with Gasteiger partial charge in [-0.3, -0.25) is 4.90 Å². The Labute approximate surface area is 185 Å². The van der Waals surface area contributed by atoms with Crippen LogP contribution in [0.2, 0.25) is 0 Å². The highest BCUT2D eigenvalue weighted by Crippen LogP contribution is 2.39. The number of urea groups is 1. The quantitative estimate of drug-likeness (QED) is 0.481. The number of nitrogens with two attached hydrogens (primary N) is 2. The number of anilines is 4. The smallest absolute Gasteiger partial charge is 0.416 e. The number of halogens is 4. The first-order valence-electron chi connectivity index (χ1n) is 9.56. The highest BCUT2D eigenvalue weighted by Gasteiger charge is 2.33. The average Bonchev–Trinajstić information content (AvgIpc) is 3.20. The molecule has 1 unspecified atom stereocenters. The highest BCUT2D eigenvalue weighted by atomic mass is 19.4. The molecule has 0 saturated heterocycles. The molecule has 2 heterocycles. The summed E-state index contributed by atoms with van der Waals surface area (Å²) in [5.74, 6) is -0.187. The minimum atomic E-state index is -4.72. The molecule has 33 heavy (non-hydrogen) atoms. The van der Waals surface area contributed by atoms with Crippen molar-refractivity contribution in [3.63, 3.8) is 0 Å². The van der Waals surface area contributed by atoms with Gasteiger partial charge in [0.15, 0.2) is 5.88 Å². The van der Waals surface area contributed by atoms with Crippen molar-refractivity contribution in [3.8, 4) is 0 Å². The van der Waals surface area contributed by atoms with Crippen LogP contribution in [-0.2, 0) is 6.18 Å². The summed E-state index contributed by atoms with van der Waals surface area (Å²) in [6, 6.07) is 8.22. The third kappa shape index (κ3) is 4.07. The number of aliphatic imine (C=N–C) groups is 1. The van der Waals surface area contributed by atoms with Crippen molar-refractivity contribution in [2.24, 2.45) is 16.5 Å². The van der Waals surface area contributed by atoms with E-state index in [-0.39, 0.29) is 5.69 Å². The second-order valence-corrected chi connectivity index (χ2v) is 7.07. The van der Waals surface area contributed by atoms with Gasteiger partial charge in [-0.2, -0.15) is 13.2 Å². The Morgan fingerprint density at radius 1 is 1.18 bits per heavy atom. The summed E-state index contributed by atoms with van der Waals surface area (Å²) in [4.78, 5) is 18.6.